The van der Waals surface area contributed by atoms with E-state index in [9.17, 15) is 18.5 Å². The Hall–Kier alpha value is -2.46. The molecule has 0 fully saturated rings. The highest BCUT2D eigenvalue weighted by Crippen LogP contribution is 2.24. The van der Waals surface area contributed by atoms with Crippen molar-refractivity contribution in [2.24, 2.45) is 0 Å². The van der Waals surface area contributed by atoms with E-state index in [1.165, 1.54) is 12.1 Å². The summed E-state index contributed by atoms with van der Waals surface area (Å²) in [5.74, 6) is 0.244. The molecule has 2 heterocycles. The van der Waals surface area contributed by atoms with Crippen molar-refractivity contribution in [1.82, 2.24) is 15.5 Å². The fraction of sp³-hybridized carbons (Fsp3) is 0.182. The maximum atomic E-state index is 12.2. The van der Waals surface area contributed by atoms with Crippen LogP contribution in [0.2, 0.25) is 0 Å². The number of hydrogen-bond acceptors (Lipinski definition) is 6. The minimum Gasteiger partial charge on any atom is -0.307 e. The second-order valence-electron chi connectivity index (χ2n) is 4.49. The van der Waals surface area contributed by atoms with Gasteiger partial charge < -0.3 is 5.32 Å². The molecule has 1 aliphatic heterocycles. The summed E-state index contributed by atoms with van der Waals surface area (Å²) in [5, 5.41) is 20.3. The maximum absolute atomic E-state index is 12.2. The van der Waals surface area contributed by atoms with Gasteiger partial charge in [0.05, 0.1) is 15.5 Å². The average Bonchev–Trinajstić information content (AvgIpc) is 3.04. The molecule has 0 unspecified atom stereocenters. The first-order valence-electron chi connectivity index (χ1n) is 6.01. The maximum Gasteiger partial charge on any atom is 0.269 e. The van der Waals surface area contributed by atoms with E-state index in [-0.39, 0.29) is 16.4 Å². The van der Waals surface area contributed by atoms with E-state index in [2.05, 4.69) is 20.2 Å². The predicted molar refractivity (Wildman–Crippen MR) is 73.0 cm³/mol. The molecule has 0 aliphatic carbocycles. The Bertz CT molecular complexity index is 797. The molecule has 0 saturated heterocycles. The summed E-state index contributed by atoms with van der Waals surface area (Å²) < 4.78 is 26.8. The van der Waals surface area contributed by atoms with Crippen molar-refractivity contribution in [3.05, 3.63) is 45.6 Å². The summed E-state index contributed by atoms with van der Waals surface area (Å²) in [6, 6.07) is 4.66. The van der Waals surface area contributed by atoms with Gasteiger partial charge in [-0.15, -0.1) is 0 Å². The van der Waals surface area contributed by atoms with Crippen LogP contribution < -0.4 is 10.0 Å². The molecule has 1 aromatic heterocycles. The number of nitro benzene ring substituents is 1. The van der Waals surface area contributed by atoms with E-state index >= 15 is 0 Å². The van der Waals surface area contributed by atoms with Gasteiger partial charge in [0.1, 0.15) is 0 Å². The third-order valence-corrected chi connectivity index (χ3v) is 4.50. The number of aromatic amines is 1. The van der Waals surface area contributed by atoms with Crippen LogP contribution in [0.4, 0.5) is 11.5 Å². The van der Waals surface area contributed by atoms with Crippen molar-refractivity contribution in [3.63, 3.8) is 0 Å². The van der Waals surface area contributed by atoms with Crippen LogP contribution in [0, 0.1) is 10.1 Å². The Kier molecular flexibility index (Phi) is 3.11. The van der Waals surface area contributed by atoms with Gasteiger partial charge >= 0.3 is 0 Å². The molecule has 2 aromatic rings. The Balaban J connectivity index is 1.88. The van der Waals surface area contributed by atoms with Gasteiger partial charge in [0.25, 0.3) is 15.7 Å². The molecule has 0 spiro atoms. The van der Waals surface area contributed by atoms with E-state index in [1.54, 1.807) is 0 Å². The summed E-state index contributed by atoms with van der Waals surface area (Å²) in [5.41, 5.74) is 1.45. The standard InChI is InChI=1S/C11H11N5O4S/c17-16(18)7-1-3-8(4-2-7)21(19,20)15-11-9-5-12-6-10(9)13-14-11/h1-4,12H,5-6H2,(H2,13,14,15). The highest BCUT2D eigenvalue weighted by Gasteiger charge is 2.23. The van der Waals surface area contributed by atoms with Crippen molar-refractivity contribution in [2.45, 2.75) is 18.0 Å². The summed E-state index contributed by atoms with van der Waals surface area (Å²) >= 11 is 0. The minimum atomic E-state index is -3.83. The number of rotatable bonds is 4. The number of H-pyrrole nitrogens is 1. The molecule has 0 bridgehead atoms. The second-order valence-corrected chi connectivity index (χ2v) is 6.17. The molecule has 1 aliphatic rings. The minimum absolute atomic E-state index is 0.0594. The van der Waals surface area contributed by atoms with Gasteiger partial charge in [-0.25, -0.2) is 8.42 Å². The van der Waals surface area contributed by atoms with Crippen LogP contribution in [-0.2, 0) is 23.1 Å². The van der Waals surface area contributed by atoms with Gasteiger partial charge in [-0.1, -0.05) is 0 Å². The first-order valence-corrected chi connectivity index (χ1v) is 7.50. The van der Waals surface area contributed by atoms with Crippen LogP contribution in [0.5, 0.6) is 0 Å². The fourth-order valence-corrected chi connectivity index (χ4v) is 3.10. The Labute approximate surface area is 119 Å². The summed E-state index contributed by atoms with van der Waals surface area (Å²) in [7, 11) is -3.83. The highest BCUT2D eigenvalue weighted by molar-refractivity contribution is 7.92. The number of nitrogens with zero attached hydrogens (tertiary/aromatic N) is 2. The van der Waals surface area contributed by atoms with Gasteiger partial charge in [-0.3, -0.25) is 19.9 Å². The zero-order valence-electron chi connectivity index (χ0n) is 10.7. The largest absolute Gasteiger partial charge is 0.307 e. The number of anilines is 1. The second kappa shape index (κ2) is 4.82. The number of hydrogen-bond donors (Lipinski definition) is 3. The summed E-state index contributed by atoms with van der Waals surface area (Å²) in [4.78, 5) is 9.92. The van der Waals surface area contributed by atoms with E-state index in [0.29, 0.717) is 13.1 Å². The normalized spacial score (nSPS) is 13.9. The monoisotopic (exact) mass is 309 g/mol. The van der Waals surface area contributed by atoms with E-state index in [4.69, 9.17) is 0 Å². The molecule has 0 amide bonds. The summed E-state index contributed by atoms with van der Waals surface area (Å²) in [6.45, 7) is 1.14. The lowest BCUT2D eigenvalue weighted by Crippen LogP contribution is -2.15. The van der Waals surface area contributed by atoms with Crippen molar-refractivity contribution in [2.75, 3.05) is 4.72 Å². The molecule has 3 N–H and O–H groups in total. The van der Waals surface area contributed by atoms with Gasteiger partial charge in [0.15, 0.2) is 5.82 Å². The van der Waals surface area contributed by atoms with Gasteiger partial charge in [0.2, 0.25) is 0 Å². The van der Waals surface area contributed by atoms with Crippen molar-refractivity contribution in [1.29, 1.82) is 0 Å². The van der Waals surface area contributed by atoms with Crippen molar-refractivity contribution >= 4 is 21.5 Å². The topological polar surface area (TPSA) is 130 Å². The molecule has 0 radical (unpaired) electrons. The molecule has 21 heavy (non-hydrogen) atoms. The lowest BCUT2D eigenvalue weighted by molar-refractivity contribution is -0.384. The van der Waals surface area contributed by atoms with Crippen LogP contribution in [0.25, 0.3) is 0 Å². The van der Waals surface area contributed by atoms with Gasteiger partial charge in [-0.2, -0.15) is 5.10 Å². The third-order valence-electron chi connectivity index (χ3n) is 3.15. The molecule has 1 aromatic carbocycles. The van der Waals surface area contributed by atoms with E-state index < -0.39 is 14.9 Å². The van der Waals surface area contributed by atoms with Crippen LogP contribution in [0.3, 0.4) is 0 Å². The Morgan fingerprint density at radius 2 is 1.95 bits per heavy atom. The quantitative estimate of drug-likeness (QED) is 0.563. The van der Waals surface area contributed by atoms with Crippen molar-refractivity contribution < 1.29 is 13.3 Å². The fourth-order valence-electron chi connectivity index (χ4n) is 2.07. The van der Waals surface area contributed by atoms with Crippen molar-refractivity contribution in [3.8, 4) is 0 Å². The van der Waals surface area contributed by atoms with E-state index in [0.717, 1.165) is 23.4 Å². The number of nitro groups is 1. The lowest BCUT2D eigenvalue weighted by atomic mass is 10.3. The van der Waals surface area contributed by atoms with Crippen LogP contribution in [-0.4, -0.2) is 23.5 Å². The lowest BCUT2D eigenvalue weighted by Gasteiger charge is -2.06. The Morgan fingerprint density at radius 1 is 1.24 bits per heavy atom. The third kappa shape index (κ3) is 2.45. The number of non-ortho nitro benzene ring substituents is 1. The average molecular weight is 309 g/mol. The molecular formula is C11H11N5O4S. The number of fused-ring (bicyclic) bond motifs is 1. The molecular weight excluding hydrogens is 298 g/mol. The predicted octanol–water partition coefficient (Wildman–Crippen LogP) is 0.722. The van der Waals surface area contributed by atoms with Crippen LogP contribution in [0.15, 0.2) is 29.2 Å². The van der Waals surface area contributed by atoms with E-state index in [1.807, 2.05) is 0 Å². The zero-order valence-corrected chi connectivity index (χ0v) is 11.5. The zero-order chi connectivity index (χ0) is 15.0. The number of sulfonamides is 1. The SMILES string of the molecule is O=[N+]([O-])c1ccc(S(=O)(=O)Nc2n[nH]c3c2CNC3)cc1. The van der Waals surface area contributed by atoms with Gasteiger partial charge in [0, 0.05) is 30.8 Å². The van der Waals surface area contributed by atoms with Crippen LogP contribution >= 0.6 is 0 Å². The molecule has 0 atom stereocenters. The Morgan fingerprint density at radius 3 is 2.62 bits per heavy atom. The van der Waals surface area contributed by atoms with Gasteiger partial charge in [-0.05, 0) is 12.1 Å². The number of benzene rings is 1. The molecule has 3 rings (SSSR count). The molecule has 9 nitrogen and oxygen atoms in total. The first kappa shape index (κ1) is 13.5. The first-order chi connectivity index (χ1) is 9.97. The number of aromatic nitrogens is 2. The smallest absolute Gasteiger partial charge is 0.269 e. The molecule has 10 heteroatoms. The highest BCUT2D eigenvalue weighted by atomic mass is 32.2. The number of nitrogens with one attached hydrogen (secondary N) is 3. The molecule has 110 valence electrons. The van der Waals surface area contributed by atoms with Crippen LogP contribution in [0.1, 0.15) is 11.3 Å². The summed E-state index contributed by atoms with van der Waals surface area (Å²) in [6.07, 6.45) is 0. The molecule has 0 saturated carbocycles.